The molecule has 11 heteroatoms. The Morgan fingerprint density at radius 2 is 1.96 bits per heavy atom. The molecule has 2 rings (SSSR count). The van der Waals surface area contributed by atoms with Crippen LogP contribution in [0.25, 0.3) is 0 Å². The van der Waals surface area contributed by atoms with Gasteiger partial charge in [-0.1, -0.05) is 0 Å². The highest BCUT2D eigenvalue weighted by atomic mass is 16.6. The molecule has 0 aromatic carbocycles. The first-order chi connectivity index (χ1) is 10.6. The van der Waals surface area contributed by atoms with Crippen LogP contribution in [0.15, 0.2) is 11.6 Å². The van der Waals surface area contributed by atoms with Gasteiger partial charge in [-0.15, -0.1) is 0 Å². The van der Waals surface area contributed by atoms with E-state index in [4.69, 9.17) is 10.8 Å². The van der Waals surface area contributed by atoms with Crippen LogP contribution in [0.5, 0.6) is 0 Å². The van der Waals surface area contributed by atoms with Crippen LogP contribution in [0.4, 0.5) is 0 Å². The van der Waals surface area contributed by atoms with Crippen LogP contribution in [-0.4, -0.2) is 62.4 Å². The fraction of sp³-hybridized carbons (Fsp3) is 0.667. The van der Waals surface area contributed by atoms with Crippen molar-refractivity contribution in [2.75, 3.05) is 19.6 Å². The Kier molecular flexibility index (Phi) is 4.07. The molecular weight excluding hydrogens is 312 g/mol. The number of piperidine rings is 1. The van der Waals surface area contributed by atoms with E-state index < -0.39 is 32.8 Å². The Bertz CT molecular complexity index is 619. The number of carbonyl (C=O) groups is 2. The molecule has 2 unspecified atom stereocenters. The van der Waals surface area contributed by atoms with Crippen LogP contribution in [0.2, 0.25) is 0 Å². The topological polar surface area (TPSA) is 170 Å². The van der Waals surface area contributed by atoms with Crippen LogP contribution in [0, 0.1) is 20.2 Å². The number of likely N-dealkylation sites (tertiary alicyclic amines) is 1. The predicted molar refractivity (Wildman–Crippen MR) is 74.7 cm³/mol. The molecule has 2 atom stereocenters. The molecule has 3 N–H and O–H groups in total. The summed E-state index contributed by atoms with van der Waals surface area (Å²) in [7, 11) is 0. The number of nitro groups is 2. The van der Waals surface area contributed by atoms with E-state index in [9.17, 15) is 29.8 Å². The number of fused-ring (bicyclic) bond motifs is 2. The first kappa shape index (κ1) is 16.8. The van der Waals surface area contributed by atoms with Gasteiger partial charge < -0.3 is 10.8 Å². The van der Waals surface area contributed by atoms with Crippen molar-refractivity contribution in [1.29, 1.82) is 0 Å². The number of aliphatic carboxylic acids is 1. The van der Waals surface area contributed by atoms with Gasteiger partial charge >= 0.3 is 5.97 Å². The summed E-state index contributed by atoms with van der Waals surface area (Å²) >= 11 is 0. The van der Waals surface area contributed by atoms with Gasteiger partial charge in [0.05, 0.1) is 32.4 Å². The molecule has 2 aliphatic rings. The molecule has 1 aliphatic carbocycles. The van der Waals surface area contributed by atoms with Gasteiger partial charge in [0.2, 0.25) is 11.4 Å². The van der Waals surface area contributed by atoms with Crippen LogP contribution in [0.1, 0.15) is 19.3 Å². The highest BCUT2D eigenvalue weighted by Crippen LogP contribution is 2.43. The molecule has 1 aliphatic heterocycles. The number of carboxylic acid groups (broad SMARTS) is 1. The Morgan fingerprint density at radius 1 is 1.30 bits per heavy atom. The van der Waals surface area contributed by atoms with Gasteiger partial charge in [0.15, 0.2) is 0 Å². The summed E-state index contributed by atoms with van der Waals surface area (Å²) in [6, 6.07) is 0. The number of amides is 1. The highest BCUT2D eigenvalue weighted by molar-refractivity contribution is 5.92. The van der Waals surface area contributed by atoms with E-state index in [2.05, 4.69) is 0 Å². The van der Waals surface area contributed by atoms with Gasteiger partial charge in [-0.2, -0.15) is 0 Å². The van der Waals surface area contributed by atoms with Gasteiger partial charge in [0.1, 0.15) is 0 Å². The third kappa shape index (κ3) is 2.99. The fourth-order valence-electron chi connectivity index (χ4n) is 3.42. The Hall–Kier alpha value is -2.56. The minimum Gasteiger partial charge on any atom is -0.481 e. The predicted octanol–water partition coefficient (Wildman–Crippen LogP) is -0.987. The molecule has 0 aromatic rings. The lowest BCUT2D eigenvalue weighted by atomic mass is 9.69. The highest BCUT2D eigenvalue weighted by Gasteiger charge is 2.64. The van der Waals surface area contributed by atoms with Crippen molar-refractivity contribution < 1.29 is 24.5 Å². The summed E-state index contributed by atoms with van der Waals surface area (Å²) in [4.78, 5) is 45.4. The van der Waals surface area contributed by atoms with E-state index >= 15 is 0 Å². The summed E-state index contributed by atoms with van der Waals surface area (Å²) in [5.41, 5.74) is 1.52. The Balaban J connectivity index is 2.45. The average molecular weight is 328 g/mol. The van der Waals surface area contributed by atoms with Crippen molar-refractivity contribution in [2.24, 2.45) is 5.73 Å². The van der Waals surface area contributed by atoms with Crippen molar-refractivity contribution in [2.45, 2.75) is 30.3 Å². The second-order valence-corrected chi connectivity index (χ2v) is 6.08. The maximum Gasteiger partial charge on any atom is 0.304 e. The second-order valence-electron chi connectivity index (χ2n) is 6.08. The van der Waals surface area contributed by atoms with Crippen LogP contribution >= 0.6 is 0 Å². The zero-order valence-electron chi connectivity index (χ0n) is 12.1. The summed E-state index contributed by atoms with van der Waals surface area (Å²) < 4.78 is 0. The third-order valence-corrected chi connectivity index (χ3v) is 4.32. The number of hydrogen-bond acceptors (Lipinski definition) is 7. The molecule has 2 bridgehead atoms. The standard InChI is InChI=1S/C12H16N4O7/c13-10(19)8-3-11(15(20)21)5-12(4-8,16(22)23)7-14(6-11)2-1-9(17)18/h3H,1-2,4-7H2,(H2,13,19)(H,17,18). The van der Waals surface area contributed by atoms with Gasteiger partial charge in [-0.25, -0.2) is 0 Å². The van der Waals surface area contributed by atoms with Crippen molar-refractivity contribution in [3.05, 3.63) is 31.9 Å². The summed E-state index contributed by atoms with van der Waals surface area (Å²) in [5.74, 6) is -2.01. The second kappa shape index (κ2) is 5.57. The fourth-order valence-corrected chi connectivity index (χ4v) is 3.42. The Morgan fingerprint density at radius 3 is 2.43 bits per heavy atom. The lowest BCUT2D eigenvalue weighted by Crippen LogP contribution is -2.67. The maximum absolute atomic E-state index is 11.6. The van der Waals surface area contributed by atoms with E-state index in [1.54, 1.807) is 0 Å². The Labute approximate surface area is 130 Å². The van der Waals surface area contributed by atoms with E-state index in [0.29, 0.717) is 0 Å². The maximum atomic E-state index is 11.6. The van der Waals surface area contributed by atoms with E-state index in [1.165, 1.54) is 4.90 Å². The average Bonchev–Trinajstić information content (AvgIpc) is 2.43. The zero-order valence-corrected chi connectivity index (χ0v) is 12.1. The van der Waals surface area contributed by atoms with Crippen molar-refractivity contribution in [3.63, 3.8) is 0 Å². The smallest absolute Gasteiger partial charge is 0.304 e. The lowest BCUT2D eigenvalue weighted by Gasteiger charge is -2.44. The molecule has 0 radical (unpaired) electrons. The molecular formula is C12H16N4O7. The van der Waals surface area contributed by atoms with Gasteiger partial charge in [-0.05, 0) is 0 Å². The number of carbonyl (C=O) groups excluding carboxylic acids is 1. The summed E-state index contributed by atoms with van der Waals surface area (Å²) in [5, 5.41) is 31.9. The number of rotatable bonds is 6. The van der Waals surface area contributed by atoms with Crippen LogP contribution in [-0.2, 0) is 9.59 Å². The SMILES string of the molecule is NC(=O)C1=CC2([N+](=O)[O-])CN(CCC(=O)O)CC([N+](=O)[O-])(C1)C2. The summed E-state index contributed by atoms with van der Waals surface area (Å²) in [6.45, 7) is -0.395. The normalized spacial score (nSPS) is 30.3. The number of primary amides is 1. The molecule has 1 saturated heterocycles. The third-order valence-electron chi connectivity index (χ3n) is 4.32. The van der Waals surface area contributed by atoms with E-state index in [-0.39, 0.29) is 44.5 Å². The van der Waals surface area contributed by atoms with Gasteiger partial charge in [0, 0.05) is 28.0 Å². The molecule has 126 valence electrons. The molecule has 1 fully saturated rings. The number of nitrogens with zero attached hydrogens (tertiary/aromatic N) is 3. The lowest BCUT2D eigenvalue weighted by molar-refractivity contribution is -0.619. The molecule has 0 aromatic heterocycles. The molecule has 0 spiro atoms. The largest absolute Gasteiger partial charge is 0.481 e. The van der Waals surface area contributed by atoms with Crippen LogP contribution in [0.3, 0.4) is 0 Å². The minimum atomic E-state index is -1.81. The monoisotopic (exact) mass is 328 g/mol. The molecule has 11 nitrogen and oxygen atoms in total. The molecule has 1 amide bonds. The number of carboxylic acids is 1. The first-order valence-electron chi connectivity index (χ1n) is 6.85. The van der Waals surface area contributed by atoms with E-state index in [0.717, 1.165) is 6.08 Å². The van der Waals surface area contributed by atoms with Crippen molar-refractivity contribution in [3.8, 4) is 0 Å². The molecule has 1 heterocycles. The zero-order chi connectivity index (χ0) is 17.4. The number of nitrogens with two attached hydrogens (primary N) is 1. The van der Waals surface area contributed by atoms with Crippen molar-refractivity contribution >= 4 is 11.9 Å². The molecule has 23 heavy (non-hydrogen) atoms. The van der Waals surface area contributed by atoms with Gasteiger partial charge in [-0.3, -0.25) is 34.7 Å². The minimum absolute atomic E-state index is 0.0414. The summed E-state index contributed by atoms with van der Waals surface area (Å²) in [6.07, 6.45) is 0.173. The number of hydrogen-bond donors (Lipinski definition) is 2. The van der Waals surface area contributed by atoms with E-state index in [1.807, 2.05) is 0 Å². The quantitative estimate of drug-likeness (QED) is 0.462. The van der Waals surface area contributed by atoms with Crippen molar-refractivity contribution in [1.82, 2.24) is 4.90 Å². The van der Waals surface area contributed by atoms with Gasteiger partial charge in [0.25, 0.3) is 5.54 Å². The molecule has 0 saturated carbocycles. The van der Waals surface area contributed by atoms with Crippen LogP contribution < -0.4 is 5.73 Å². The first-order valence-corrected chi connectivity index (χ1v) is 6.85.